The molecule has 3 aromatic rings. The van der Waals surface area contributed by atoms with Gasteiger partial charge in [-0.25, -0.2) is 33.8 Å². The number of aromatic nitrogens is 2. The molecule has 0 radical (unpaired) electrons. The number of amides is 9. The molecular formula is C46H67N13O9. The molecule has 1 aliphatic carbocycles. The summed E-state index contributed by atoms with van der Waals surface area (Å²) in [6, 6.07) is 14.3. The number of hydrogen-bond donors (Lipinski definition) is 6. The van der Waals surface area contributed by atoms with Crippen molar-refractivity contribution in [2.45, 2.75) is 76.8 Å². The Morgan fingerprint density at radius 1 is 0.559 bits per heavy atom. The Kier molecular flexibility index (Phi) is 19.0. The van der Waals surface area contributed by atoms with Crippen molar-refractivity contribution < 1.29 is 43.3 Å². The van der Waals surface area contributed by atoms with Gasteiger partial charge in [0, 0.05) is 128 Å². The molecule has 4 fully saturated rings. The molecule has 3 saturated heterocycles. The fourth-order valence-electron chi connectivity index (χ4n) is 8.23. The van der Waals surface area contributed by atoms with Gasteiger partial charge in [-0.3, -0.25) is 0 Å². The summed E-state index contributed by atoms with van der Waals surface area (Å²) in [7, 11) is 0. The Bertz CT molecular complexity index is 1960. The molecule has 0 bridgehead atoms. The zero-order chi connectivity index (χ0) is 48.3. The summed E-state index contributed by atoms with van der Waals surface area (Å²) in [5.41, 5.74) is 14.7. The van der Waals surface area contributed by atoms with Gasteiger partial charge < -0.3 is 76.0 Å². The maximum atomic E-state index is 12.9. The largest absolute Gasteiger partial charge is 0.465 e. The summed E-state index contributed by atoms with van der Waals surface area (Å²) in [6.45, 7) is 7.28. The smallest absolute Gasteiger partial charge is 0.410 e. The number of nitrogen functional groups attached to an aromatic ring is 2. The topological polar surface area (TPSA) is 266 Å². The Morgan fingerprint density at radius 3 is 1.32 bits per heavy atom. The number of anilines is 2. The van der Waals surface area contributed by atoms with E-state index < -0.39 is 6.09 Å². The van der Waals surface area contributed by atoms with Crippen LogP contribution in [0.1, 0.15) is 56.1 Å². The van der Waals surface area contributed by atoms with E-state index in [0.29, 0.717) is 135 Å². The molecule has 8 N–H and O–H groups in total. The highest BCUT2D eigenvalue weighted by atomic mass is 16.6. The van der Waals surface area contributed by atoms with Crippen LogP contribution in [0.5, 0.6) is 0 Å². The first kappa shape index (κ1) is 50.3. The summed E-state index contributed by atoms with van der Waals surface area (Å²) < 4.78 is 13.7. The Labute approximate surface area is 396 Å². The minimum Gasteiger partial charge on any atom is -0.465 e. The minimum absolute atomic E-state index is 0.124. The minimum atomic E-state index is -0.926. The number of urea groups is 3. The average molecular weight is 946 g/mol. The Balaban J connectivity index is 0.000000317. The normalized spacial score (nSPS) is 18.8. The first-order valence-electron chi connectivity index (χ1n) is 23.5. The van der Waals surface area contributed by atoms with Gasteiger partial charge in [-0.05, 0) is 80.3 Å². The van der Waals surface area contributed by atoms with Crippen molar-refractivity contribution in [1.82, 2.24) is 54.9 Å². The van der Waals surface area contributed by atoms with Crippen molar-refractivity contribution in [2.24, 2.45) is 0 Å². The van der Waals surface area contributed by atoms with Gasteiger partial charge in [0.2, 0.25) is 0 Å². The number of carbonyl (C=O) groups is 6. The number of piperazine rings is 3. The van der Waals surface area contributed by atoms with Gasteiger partial charge in [-0.15, -0.1) is 0 Å². The molecule has 7 rings (SSSR count). The van der Waals surface area contributed by atoms with Crippen LogP contribution in [-0.2, 0) is 29.1 Å². The van der Waals surface area contributed by atoms with Crippen LogP contribution in [-0.4, -0.2) is 178 Å². The van der Waals surface area contributed by atoms with E-state index in [1.807, 2.05) is 35.0 Å². The van der Waals surface area contributed by atoms with Crippen molar-refractivity contribution >= 4 is 47.7 Å². The maximum absolute atomic E-state index is 12.9. The second kappa shape index (κ2) is 25.7. The van der Waals surface area contributed by atoms with E-state index in [-0.39, 0.29) is 42.5 Å². The summed E-state index contributed by atoms with van der Waals surface area (Å²) >= 11 is 0. The molecule has 1 saturated carbocycles. The summed E-state index contributed by atoms with van der Waals surface area (Å²) in [6.07, 6.45) is 8.57. The lowest BCUT2D eigenvalue weighted by Crippen LogP contribution is -2.53. The standard InChI is InChI=1S/C34H48N8O6.C12H19N5O3/c35-27-11-7-25(8-12-27)23-37-31(43)39-15-19-41(20-16-39)33(45)47-29-3-1-4-30(6-2-5-29)48-34(46)42-21-17-40(18-22-42)32(44)38-24-26-9-13-28(36)14-10-26;18-11(14-2-1-4-15-5-3-13-10-15)16-6-8-17(9-7-16)12(19)20/h7-14,29-30H,1-6,15-24,35-36H2,(H,37,43)(H,38,44);3,5,10H,1-2,4,6-9H2,(H,14,18)(H,19,20)/t29-,30+;. The highest BCUT2D eigenvalue weighted by Gasteiger charge is 2.30. The molecule has 22 heteroatoms. The van der Waals surface area contributed by atoms with E-state index in [4.69, 9.17) is 26.0 Å². The number of imidazole rings is 1. The molecule has 0 spiro atoms. The number of hydrogen-bond acceptors (Lipinski definition) is 11. The molecule has 4 aliphatic rings. The predicted molar refractivity (Wildman–Crippen MR) is 252 cm³/mol. The van der Waals surface area contributed by atoms with E-state index >= 15 is 0 Å². The van der Waals surface area contributed by atoms with Gasteiger partial charge in [0.15, 0.2) is 0 Å². The molecular weight excluding hydrogens is 879 g/mol. The van der Waals surface area contributed by atoms with Crippen molar-refractivity contribution in [3.8, 4) is 0 Å². The lowest BCUT2D eigenvalue weighted by molar-refractivity contribution is 0.0196. The molecule has 0 unspecified atom stereocenters. The predicted octanol–water partition coefficient (Wildman–Crippen LogP) is 3.85. The maximum Gasteiger partial charge on any atom is 0.410 e. The van der Waals surface area contributed by atoms with E-state index in [9.17, 15) is 28.8 Å². The van der Waals surface area contributed by atoms with Crippen LogP contribution in [0.4, 0.5) is 40.1 Å². The summed E-state index contributed by atoms with van der Waals surface area (Å²) in [5, 5.41) is 17.5. The van der Waals surface area contributed by atoms with Crippen LogP contribution in [0.25, 0.3) is 0 Å². The first-order chi connectivity index (χ1) is 32.9. The molecule has 1 aromatic heterocycles. The number of ether oxygens (including phenoxy) is 2. The molecule has 9 amide bonds. The molecule has 2 aromatic carbocycles. The zero-order valence-electron chi connectivity index (χ0n) is 38.7. The van der Waals surface area contributed by atoms with Crippen molar-refractivity contribution in [2.75, 3.05) is 96.5 Å². The van der Waals surface area contributed by atoms with Crippen LogP contribution in [0, 0.1) is 0 Å². The van der Waals surface area contributed by atoms with Crippen LogP contribution < -0.4 is 27.4 Å². The van der Waals surface area contributed by atoms with E-state index in [0.717, 1.165) is 36.9 Å². The van der Waals surface area contributed by atoms with Crippen molar-refractivity contribution in [3.63, 3.8) is 0 Å². The molecule has 4 heterocycles. The fourth-order valence-corrected chi connectivity index (χ4v) is 8.23. The number of carboxylic acid groups (broad SMARTS) is 1. The third kappa shape index (κ3) is 16.0. The molecule has 3 aliphatic heterocycles. The van der Waals surface area contributed by atoms with Gasteiger partial charge in [-0.1, -0.05) is 24.3 Å². The van der Waals surface area contributed by atoms with Crippen LogP contribution in [0.2, 0.25) is 0 Å². The molecule has 0 atom stereocenters. The highest BCUT2D eigenvalue weighted by molar-refractivity contribution is 5.76. The second-order valence-electron chi connectivity index (χ2n) is 17.3. The molecule has 370 valence electrons. The summed E-state index contributed by atoms with van der Waals surface area (Å²) in [5.74, 6) is 0. The number of nitrogens with two attached hydrogens (primary N) is 2. The first-order valence-corrected chi connectivity index (χ1v) is 23.5. The summed E-state index contributed by atoms with van der Waals surface area (Å²) in [4.78, 5) is 87.3. The van der Waals surface area contributed by atoms with Crippen LogP contribution in [0.15, 0.2) is 67.3 Å². The Hall–Kier alpha value is -7.13. The quantitative estimate of drug-likeness (QED) is 0.125. The molecule has 68 heavy (non-hydrogen) atoms. The van der Waals surface area contributed by atoms with Crippen molar-refractivity contribution in [1.29, 1.82) is 0 Å². The monoisotopic (exact) mass is 946 g/mol. The van der Waals surface area contributed by atoms with E-state index in [1.54, 1.807) is 61.3 Å². The number of nitrogens with zero attached hydrogens (tertiary/aromatic N) is 8. The number of benzene rings is 2. The van der Waals surface area contributed by atoms with Gasteiger partial charge in [0.05, 0.1) is 6.33 Å². The third-order valence-electron chi connectivity index (χ3n) is 12.4. The average Bonchev–Trinajstić information content (AvgIpc) is 3.88. The lowest BCUT2D eigenvalue weighted by atomic mass is 9.96. The fraction of sp³-hybridized carbons (Fsp3) is 0.543. The van der Waals surface area contributed by atoms with Crippen LogP contribution in [0.3, 0.4) is 0 Å². The van der Waals surface area contributed by atoms with E-state index in [2.05, 4.69) is 20.9 Å². The SMILES string of the molecule is Nc1ccc(CNC(=O)N2CCN(C(=O)O[C@H]3CCC[C@@H](OC(=O)N4CCN(C(=O)NCc5ccc(N)cc5)CC4)CCC3)CC2)cc1.O=C(O)N1CCN(C(=O)NCCCn2ccnc2)CC1. The zero-order valence-corrected chi connectivity index (χ0v) is 38.7. The lowest BCUT2D eigenvalue weighted by Gasteiger charge is -2.36. The van der Waals surface area contributed by atoms with Crippen molar-refractivity contribution in [3.05, 3.63) is 78.4 Å². The van der Waals surface area contributed by atoms with Gasteiger partial charge in [-0.2, -0.15) is 0 Å². The second-order valence-corrected chi connectivity index (χ2v) is 17.3. The third-order valence-corrected chi connectivity index (χ3v) is 12.4. The van der Waals surface area contributed by atoms with E-state index in [1.165, 1.54) is 4.90 Å². The molecule has 22 nitrogen and oxygen atoms in total. The van der Waals surface area contributed by atoms with Gasteiger partial charge >= 0.3 is 36.4 Å². The highest BCUT2D eigenvalue weighted by Crippen LogP contribution is 2.24. The number of carbonyl (C=O) groups excluding carboxylic acids is 5. The van der Waals surface area contributed by atoms with Gasteiger partial charge in [0.25, 0.3) is 0 Å². The Morgan fingerprint density at radius 2 is 0.941 bits per heavy atom. The van der Waals surface area contributed by atoms with Gasteiger partial charge in [0.1, 0.15) is 12.2 Å². The van der Waals surface area contributed by atoms with Crippen LogP contribution >= 0.6 is 0 Å². The number of rotatable bonds is 10. The number of aryl methyl sites for hydroxylation is 1. The number of nitrogens with one attached hydrogen (secondary N) is 3.